The number of aryl methyl sites for hydroxylation is 1. The van der Waals surface area contributed by atoms with Gasteiger partial charge in [0.15, 0.2) is 0 Å². The molecule has 0 bridgehead atoms. The molecule has 0 radical (unpaired) electrons. The molecule has 3 aromatic rings. The fourth-order valence-corrected chi connectivity index (χ4v) is 3.76. The molecule has 1 nitrogen and oxygen atoms in total. The predicted molar refractivity (Wildman–Crippen MR) is 91.7 cm³/mol. The van der Waals surface area contributed by atoms with Crippen molar-refractivity contribution in [3.8, 4) is 0 Å². The Morgan fingerprint density at radius 2 is 1.45 bits per heavy atom. The summed E-state index contributed by atoms with van der Waals surface area (Å²) < 4.78 is 2.48. The molecule has 1 heterocycles. The molecule has 0 atom stereocenters. The molecule has 0 amide bonds. The maximum atomic E-state index is 2.48. The van der Waals surface area contributed by atoms with Crippen molar-refractivity contribution in [2.24, 2.45) is 0 Å². The van der Waals surface area contributed by atoms with Crippen LogP contribution >= 0.6 is 11.8 Å². The van der Waals surface area contributed by atoms with Gasteiger partial charge in [-0.25, -0.2) is 0 Å². The van der Waals surface area contributed by atoms with E-state index >= 15 is 0 Å². The van der Waals surface area contributed by atoms with Gasteiger partial charge in [-0.15, -0.1) is 0 Å². The van der Waals surface area contributed by atoms with E-state index in [2.05, 4.69) is 71.8 Å². The molecule has 2 aromatic carbocycles. The summed E-state index contributed by atoms with van der Waals surface area (Å²) in [4.78, 5) is 0. The van der Waals surface area contributed by atoms with Gasteiger partial charge in [0.05, 0.1) is 0 Å². The highest BCUT2D eigenvalue weighted by Crippen LogP contribution is 2.28. The van der Waals surface area contributed by atoms with Crippen LogP contribution in [0.5, 0.6) is 0 Å². The second-order valence-corrected chi connectivity index (χ2v) is 6.38. The molecule has 0 saturated heterocycles. The maximum Gasteiger partial charge on any atom is 0.0491 e. The Morgan fingerprint density at radius 3 is 2.05 bits per heavy atom. The summed E-state index contributed by atoms with van der Waals surface area (Å²) in [6.07, 6.45) is 2.63. The minimum atomic E-state index is 1.10. The molecule has 0 aliphatic rings. The third kappa shape index (κ3) is 2.57. The van der Waals surface area contributed by atoms with Crippen molar-refractivity contribution in [1.82, 2.24) is 4.57 Å². The molecule has 0 saturated carbocycles. The summed E-state index contributed by atoms with van der Waals surface area (Å²) in [6, 6.07) is 17.5. The first-order valence-corrected chi connectivity index (χ1v) is 8.61. The van der Waals surface area contributed by atoms with E-state index < -0.39 is 0 Å². The van der Waals surface area contributed by atoms with Gasteiger partial charge in [-0.3, -0.25) is 0 Å². The van der Waals surface area contributed by atoms with Crippen LogP contribution in [0.15, 0.2) is 48.5 Å². The van der Waals surface area contributed by atoms with E-state index in [0.717, 1.165) is 6.54 Å². The average molecular weight is 283 g/mol. The van der Waals surface area contributed by atoms with Crippen molar-refractivity contribution >= 4 is 33.6 Å². The van der Waals surface area contributed by atoms with Crippen LogP contribution in [0.4, 0.5) is 0 Å². The highest BCUT2D eigenvalue weighted by Gasteiger charge is 2.08. The Bertz CT molecular complexity index is 646. The number of aromatic nitrogens is 1. The zero-order chi connectivity index (χ0) is 13.8. The van der Waals surface area contributed by atoms with Crippen LogP contribution in [0.1, 0.15) is 19.8 Å². The topological polar surface area (TPSA) is 4.93 Å². The minimum absolute atomic E-state index is 1.10. The van der Waals surface area contributed by atoms with Crippen LogP contribution in [-0.4, -0.2) is 16.1 Å². The average Bonchev–Trinajstić information content (AvgIpc) is 2.82. The largest absolute Gasteiger partial charge is 0.340 e. The Morgan fingerprint density at radius 1 is 0.850 bits per heavy atom. The van der Waals surface area contributed by atoms with Crippen LogP contribution in [0.2, 0.25) is 0 Å². The Labute approximate surface area is 125 Å². The quantitative estimate of drug-likeness (QED) is 0.554. The van der Waals surface area contributed by atoms with Crippen LogP contribution in [0.3, 0.4) is 0 Å². The molecule has 0 N–H and O–H groups in total. The van der Waals surface area contributed by atoms with Crippen molar-refractivity contribution in [1.29, 1.82) is 0 Å². The number of fused-ring (bicyclic) bond motifs is 3. The van der Waals surface area contributed by atoms with E-state index in [9.17, 15) is 0 Å². The lowest BCUT2D eigenvalue weighted by molar-refractivity contribution is 0.833. The number of thioether (sulfide) groups is 1. The van der Waals surface area contributed by atoms with E-state index in [0.29, 0.717) is 0 Å². The van der Waals surface area contributed by atoms with Crippen molar-refractivity contribution < 1.29 is 0 Å². The highest BCUT2D eigenvalue weighted by molar-refractivity contribution is 7.99. The van der Waals surface area contributed by atoms with E-state index in [1.54, 1.807) is 0 Å². The van der Waals surface area contributed by atoms with Gasteiger partial charge in [-0.1, -0.05) is 49.7 Å². The fourth-order valence-electron chi connectivity index (χ4n) is 2.75. The lowest BCUT2D eigenvalue weighted by Gasteiger charge is -2.07. The summed E-state index contributed by atoms with van der Waals surface area (Å²) in [7, 11) is 0. The first-order valence-electron chi connectivity index (χ1n) is 7.45. The van der Waals surface area contributed by atoms with Crippen molar-refractivity contribution in [3.05, 3.63) is 48.5 Å². The van der Waals surface area contributed by atoms with Crippen LogP contribution in [0, 0.1) is 0 Å². The Balaban J connectivity index is 1.91. The molecule has 2 heteroatoms. The molecular formula is C18H21NS. The minimum Gasteiger partial charge on any atom is -0.340 e. The van der Waals surface area contributed by atoms with E-state index in [1.807, 2.05) is 0 Å². The van der Waals surface area contributed by atoms with Gasteiger partial charge in [0, 0.05) is 34.1 Å². The second-order valence-electron chi connectivity index (χ2n) is 5.15. The van der Waals surface area contributed by atoms with Gasteiger partial charge in [-0.2, -0.15) is 11.8 Å². The van der Waals surface area contributed by atoms with Gasteiger partial charge in [0.25, 0.3) is 0 Å². The third-order valence-electron chi connectivity index (χ3n) is 3.78. The molecule has 1 aromatic heterocycles. The lowest BCUT2D eigenvalue weighted by Crippen LogP contribution is -2.00. The summed E-state index contributed by atoms with van der Waals surface area (Å²) >= 11 is 2.07. The van der Waals surface area contributed by atoms with Gasteiger partial charge in [0.2, 0.25) is 0 Å². The number of hydrogen-bond donors (Lipinski definition) is 0. The first-order chi connectivity index (χ1) is 9.92. The molecule has 0 aliphatic heterocycles. The summed E-state index contributed by atoms with van der Waals surface area (Å²) in [5.74, 6) is 2.48. The van der Waals surface area contributed by atoms with Crippen LogP contribution in [-0.2, 0) is 6.54 Å². The molecule has 0 unspecified atom stereocenters. The first kappa shape index (κ1) is 13.6. The van der Waals surface area contributed by atoms with E-state index in [1.165, 1.54) is 46.2 Å². The third-order valence-corrected chi connectivity index (χ3v) is 4.83. The molecule has 3 rings (SSSR count). The predicted octanol–water partition coefficient (Wildman–Crippen LogP) is 5.33. The number of benzene rings is 2. The molecule has 104 valence electrons. The van der Waals surface area contributed by atoms with Crippen molar-refractivity contribution in [3.63, 3.8) is 0 Å². The van der Waals surface area contributed by atoms with E-state index in [-0.39, 0.29) is 0 Å². The number of hydrogen-bond acceptors (Lipinski definition) is 1. The van der Waals surface area contributed by atoms with Crippen LogP contribution in [0.25, 0.3) is 21.8 Å². The Kier molecular flexibility index (Phi) is 4.31. The highest BCUT2D eigenvalue weighted by atomic mass is 32.2. The van der Waals surface area contributed by atoms with Crippen molar-refractivity contribution in [2.45, 2.75) is 26.3 Å². The van der Waals surface area contributed by atoms with E-state index in [4.69, 9.17) is 0 Å². The maximum absolute atomic E-state index is 2.48. The number of nitrogens with zero attached hydrogens (tertiary/aromatic N) is 1. The van der Waals surface area contributed by atoms with Gasteiger partial charge >= 0.3 is 0 Å². The van der Waals surface area contributed by atoms with Gasteiger partial charge < -0.3 is 4.57 Å². The second kappa shape index (κ2) is 6.36. The molecule has 0 fully saturated rings. The lowest BCUT2D eigenvalue weighted by atomic mass is 10.2. The molecule has 20 heavy (non-hydrogen) atoms. The molecular weight excluding hydrogens is 262 g/mol. The Hall–Kier alpha value is -1.41. The monoisotopic (exact) mass is 283 g/mol. The number of para-hydroxylation sites is 2. The standard InChI is InChI=1S/C18H21NS/c1-2-3-13-20-14-12-19-17-10-6-4-8-15(17)16-9-5-7-11-18(16)19/h4-11H,2-3,12-14H2,1H3. The normalized spacial score (nSPS) is 11.4. The summed E-state index contributed by atoms with van der Waals surface area (Å²) in [5, 5.41) is 2.75. The van der Waals surface area contributed by atoms with Gasteiger partial charge in [-0.05, 0) is 24.3 Å². The number of rotatable bonds is 6. The van der Waals surface area contributed by atoms with Crippen molar-refractivity contribution in [2.75, 3.05) is 11.5 Å². The summed E-state index contributed by atoms with van der Waals surface area (Å²) in [6.45, 7) is 3.36. The number of unbranched alkanes of at least 4 members (excludes halogenated alkanes) is 1. The smallest absolute Gasteiger partial charge is 0.0491 e. The molecule has 0 aliphatic carbocycles. The van der Waals surface area contributed by atoms with Gasteiger partial charge in [0.1, 0.15) is 0 Å². The zero-order valence-corrected chi connectivity index (χ0v) is 12.8. The zero-order valence-electron chi connectivity index (χ0n) is 12.0. The fraction of sp³-hybridized carbons (Fsp3) is 0.333. The molecule has 0 spiro atoms. The SMILES string of the molecule is CCCCSCCn1c2ccccc2c2ccccc21. The summed E-state index contributed by atoms with van der Waals surface area (Å²) in [5.41, 5.74) is 2.73. The van der Waals surface area contributed by atoms with Crippen LogP contribution < -0.4 is 0 Å².